The van der Waals surface area contributed by atoms with Crippen molar-refractivity contribution >= 4 is 11.6 Å². The quantitative estimate of drug-likeness (QED) is 0.380. The molecule has 3 rings (SSSR count). The Hall–Kier alpha value is -2.77. The van der Waals surface area contributed by atoms with Crippen LogP contribution in [0.3, 0.4) is 0 Å². The lowest BCUT2D eigenvalue weighted by molar-refractivity contribution is -0.118. The number of anilines is 1. The number of hydrogen-bond donors (Lipinski definition) is 5. The summed E-state index contributed by atoms with van der Waals surface area (Å²) in [6.45, 7) is 0.822. The number of carbonyl (C=O) groups excluding carboxylic acids is 1. The molecule has 26 heavy (non-hydrogen) atoms. The van der Waals surface area contributed by atoms with E-state index in [1.807, 2.05) is 12.1 Å². The largest absolute Gasteiger partial charge is 0.508 e. The molecule has 1 amide bonds. The van der Waals surface area contributed by atoms with Crippen LogP contribution in [0.2, 0.25) is 0 Å². The van der Waals surface area contributed by atoms with Gasteiger partial charge in [-0.1, -0.05) is 18.2 Å². The zero-order valence-electron chi connectivity index (χ0n) is 14.2. The summed E-state index contributed by atoms with van der Waals surface area (Å²) in [5.74, 6) is 0.150. The molecular formula is C19H22N2O5. The molecule has 1 aliphatic heterocycles. The van der Waals surface area contributed by atoms with Gasteiger partial charge >= 0.3 is 0 Å². The number of rotatable bonds is 7. The van der Waals surface area contributed by atoms with Crippen molar-refractivity contribution in [1.82, 2.24) is 5.32 Å². The van der Waals surface area contributed by atoms with Crippen LogP contribution in [0.15, 0.2) is 36.4 Å². The second kappa shape index (κ2) is 8.07. The third-order valence-corrected chi connectivity index (χ3v) is 4.27. The summed E-state index contributed by atoms with van der Waals surface area (Å²) in [7, 11) is 0. The van der Waals surface area contributed by atoms with Gasteiger partial charge in [0.25, 0.3) is 5.91 Å². The number of aryl methyl sites for hydroxylation is 1. The summed E-state index contributed by atoms with van der Waals surface area (Å²) in [4.78, 5) is 11.4. The van der Waals surface area contributed by atoms with Gasteiger partial charge in [0.1, 0.15) is 17.2 Å². The lowest BCUT2D eigenvalue weighted by Crippen LogP contribution is -2.28. The fourth-order valence-electron chi connectivity index (χ4n) is 2.92. The van der Waals surface area contributed by atoms with Crippen molar-refractivity contribution in [2.45, 2.75) is 18.9 Å². The Morgan fingerprint density at radius 3 is 2.77 bits per heavy atom. The highest BCUT2D eigenvalue weighted by Gasteiger charge is 2.25. The van der Waals surface area contributed by atoms with E-state index in [0.717, 1.165) is 18.4 Å². The number of aromatic hydroxyl groups is 2. The van der Waals surface area contributed by atoms with Gasteiger partial charge in [0.05, 0.1) is 6.10 Å². The van der Waals surface area contributed by atoms with Crippen LogP contribution in [0.1, 0.15) is 23.7 Å². The molecule has 0 aromatic heterocycles. The highest BCUT2D eigenvalue weighted by molar-refractivity contribution is 5.97. The average molecular weight is 358 g/mol. The molecule has 0 aliphatic carbocycles. The maximum absolute atomic E-state index is 11.4. The van der Waals surface area contributed by atoms with E-state index >= 15 is 0 Å². The van der Waals surface area contributed by atoms with Gasteiger partial charge in [0.2, 0.25) is 0 Å². The topological polar surface area (TPSA) is 111 Å². The normalized spacial score (nSPS) is 14.3. The van der Waals surface area contributed by atoms with Crippen LogP contribution in [-0.2, 0) is 11.2 Å². The molecule has 7 heteroatoms. The standard InChI is InChI=1S/C19H22N2O5/c22-14-6-2-1-4-12(14)5-3-9-20-10-16(24)13-7-8-15(23)18-19(13)26-11-17(25)21-18/h1-2,4,6-8,16,20,22-24H,3,5,9-11H2,(H,21,25). The van der Waals surface area contributed by atoms with Gasteiger partial charge in [-0.25, -0.2) is 0 Å². The van der Waals surface area contributed by atoms with Crippen molar-refractivity contribution in [2.75, 3.05) is 25.0 Å². The van der Waals surface area contributed by atoms with Gasteiger partial charge in [-0.15, -0.1) is 0 Å². The number of fused-ring (bicyclic) bond motifs is 1. The average Bonchev–Trinajstić information content (AvgIpc) is 2.63. The van der Waals surface area contributed by atoms with Crippen molar-refractivity contribution in [3.63, 3.8) is 0 Å². The van der Waals surface area contributed by atoms with E-state index in [1.165, 1.54) is 6.07 Å². The molecule has 1 unspecified atom stereocenters. The van der Waals surface area contributed by atoms with E-state index in [2.05, 4.69) is 10.6 Å². The molecule has 1 heterocycles. The smallest absolute Gasteiger partial charge is 0.262 e. The molecule has 0 radical (unpaired) electrons. The first-order valence-electron chi connectivity index (χ1n) is 8.50. The van der Waals surface area contributed by atoms with Crippen molar-refractivity contribution in [1.29, 1.82) is 0 Å². The van der Waals surface area contributed by atoms with Crippen molar-refractivity contribution in [3.8, 4) is 17.2 Å². The Morgan fingerprint density at radius 2 is 1.96 bits per heavy atom. The first-order valence-corrected chi connectivity index (χ1v) is 8.50. The number of benzene rings is 2. The lowest BCUT2D eigenvalue weighted by Gasteiger charge is -2.23. The summed E-state index contributed by atoms with van der Waals surface area (Å²) < 4.78 is 5.38. The number of aliphatic hydroxyl groups excluding tert-OH is 1. The molecule has 2 aromatic rings. The predicted molar refractivity (Wildman–Crippen MR) is 96.5 cm³/mol. The number of phenols is 2. The van der Waals surface area contributed by atoms with Gasteiger partial charge in [-0.05, 0) is 43.1 Å². The van der Waals surface area contributed by atoms with E-state index in [0.29, 0.717) is 30.2 Å². The minimum atomic E-state index is -0.843. The van der Waals surface area contributed by atoms with Crippen LogP contribution in [0.5, 0.6) is 17.2 Å². The van der Waals surface area contributed by atoms with Crippen molar-refractivity contribution < 1.29 is 24.9 Å². The van der Waals surface area contributed by atoms with Crippen molar-refractivity contribution in [3.05, 3.63) is 47.5 Å². The molecule has 7 nitrogen and oxygen atoms in total. The van der Waals surface area contributed by atoms with E-state index < -0.39 is 6.10 Å². The van der Waals surface area contributed by atoms with Crippen LogP contribution in [0.4, 0.5) is 5.69 Å². The monoisotopic (exact) mass is 358 g/mol. The maximum Gasteiger partial charge on any atom is 0.262 e. The van der Waals surface area contributed by atoms with Crippen LogP contribution in [-0.4, -0.2) is 40.9 Å². The molecule has 2 aromatic carbocycles. The van der Waals surface area contributed by atoms with E-state index in [4.69, 9.17) is 4.74 Å². The summed E-state index contributed by atoms with van der Waals surface area (Å²) in [5, 5.41) is 35.7. The Labute approximate surface area is 151 Å². The molecule has 1 atom stereocenters. The molecule has 1 aliphatic rings. The van der Waals surface area contributed by atoms with Gasteiger partial charge in [-0.3, -0.25) is 4.79 Å². The van der Waals surface area contributed by atoms with Gasteiger partial charge in [0.15, 0.2) is 12.4 Å². The third kappa shape index (κ3) is 4.07. The minimum absolute atomic E-state index is 0.0976. The first-order chi connectivity index (χ1) is 12.6. The van der Waals surface area contributed by atoms with E-state index in [-0.39, 0.29) is 24.0 Å². The third-order valence-electron chi connectivity index (χ3n) is 4.27. The SMILES string of the molecule is O=C1COc2c(C(O)CNCCCc3ccccc3O)ccc(O)c2N1. The molecule has 138 valence electrons. The number of phenolic OH excluding ortho intramolecular Hbond substituents is 2. The molecule has 0 saturated carbocycles. The first kappa shape index (κ1) is 18.0. The highest BCUT2D eigenvalue weighted by Crippen LogP contribution is 2.41. The molecule has 0 saturated heterocycles. The summed E-state index contributed by atoms with van der Waals surface area (Å²) in [5.41, 5.74) is 1.59. The summed E-state index contributed by atoms with van der Waals surface area (Å²) in [6, 6.07) is 10.2. The van der Waals surface area contributed by atoms with Crippen molar-refractivity contribution in [2.24, 2.45) is 0 Å². The molecule has 0 fully saturated rings. The van der Waals surface area contributed by atoms with Crippen LogP contribution in [0.25, 0.3) is 0 Å². The van der Waals surface area contributed by atoms with Crippen LogP contribution in [0, 0.1) is 0 Å². The number of carbonyl (C=O) groups is 1. The van der Waals surface area contributed by atoms with Gasteiger partial charge < -0.3 is 30.7 Å². The minimum Gasteiger partial charge on any atom is -0.508 e. The van der Waals surface area contributed by atoms with E-state index in [1.54, 1.807) is 18.2 Å². The second-order valence-electron chi connectivity index (χ2n) is 6.17. The molecule has 0 spiro atoms. The van der Waals surface area contributed by atoms with Crippen LogP contribution < -0.4 is 15.4 Å². The fraction of sp³-hybridized carbons (Fsp3) is 0.316. The zero-order chi connectivity index (χ0) is 18.5. The summed E-state index contributed by atoms with van der Waals surface area (Å²) >= 11 is 0. The Morgan fingerprint density at radius 1 is 1.15 bits per heavy atom. The Bertz CT molecular complexity index is 793. The number of ether oxygens (including phenoxy) is 1. The van der Waals surface area contributed by atoms with E-state index in [9.17, 15) is 20.1 Å². The lowest BCUT2D eigenvalue weighted by atomic mass is 10.0. The number of para-hydroxylation sites is 1. The zero-order valence-corrected chi connectivity index (χ0v) is 14.2. The summed E-state index contributed by atoms with van der Waals surface area (Å²) in [6.07, 6.45) is 0.703. The van der Waals surface area contributed by atoms with Gasteiger partial charge in [0, 0.05) is 12.1 Å². The highest BCUT2D eigenvalue weighted by atomic mass is 16.5. The fourth-order valence-corrected chi connectivity index (χ4v) is 2.92. The number of aliphatic hydroxyl groups is 1. The number of amides is 1. The predicted octanol–water partition coefficient (Wildman–Crippen LogP) is 1.68. The maximum atomic E-state index is 11.4. The number of hydrogen-bond acceptors (Lipinski definition) is 6. The molecule has 0 bridgehead atoms. The Balaban J connectivity index is 1.53. The molecule has 5 N–H and O–H groups in total. The van der Waals surface area contributed by atoms with Gasteiger partial charge in [-0.2, -0.15) is 0 Å². The number of nitrogens with one attached hydrogen (secondary N) is 2. The second-order valence-corrected chi connectivity index (χ2v) is 6.17. The Kier molecular flexibility index (Phi) is 5.60. The van der Waals surface area contributed by atoms with Crippen LogP contribution >= 0.6 is 0 Å². The molecular weight excluding hydrogens is 336 g/mol.